The van der Waals surface area contributed by atoms with Crippen LogP contribution in [0.4, 0.5) is 11.6 Å². The first-order chi connectivity index (χ1) is 9.13. The van der Waals surface area contributed by atoms with Crippen molar-refractivity contribution in [1.29, 1.82) is 0 Å². The Balaban J connectivity index is 2.26. The lowest BCUT2D eigenvalue weighted by molar-refractivity contribution is 0.409. The third-order valence-electron chi connectivity index (χ3n) is 3.06. The van der Waals surface area contributed by atoms with Crippen LogP contribution >= 0.6 is 0 Å². The standard InChI is InChI=1S/C14H18N4O/c1-10-13(15)16-9-17-14(10)18(2)8-11-6-4-5-7-12(11)19-3/h4-7,9H,8H2,1-3H3,(H2,15,16,17). The molecule has 0 radical (unpaired) electrons. The molecule has 0 aliphatic carbocycles. The molecule has 0 unspecified atom stereocenters. The maximum atomic E-state index is 5.81. The minimum atomic E-state index is 0.511. The first-order valence-corrected chi connectivity index (χ1v) is 6.03. The summed E-state index contributed by atoms with van der Waals surface area (Å²) in [4.78, 5) is 10.3. The summed E-state index contributed by atoms with van der Waals surface area (Å²) in [6, 6.07) is 7.93. The number of aromatic nitrogens is 2. The van der Waals surface area contributed by atoms with Gasteiger partial charge in [-0.15, -0.1) is 0 Å². The second-order valence-electron chi connectivity index (χ2n) is 4.38. The highest BCUT2D eigenvalue weighted by molar-refractivity contribution is 5.55. The third kappa shape index (κ3) is 2.76. The van der Waals surface area contributed by atoms with Crippen molar-refractivity contribution >= 4 is 11.6 Å². The topological polar surface area (TPSA) is 64.3 Å². The minimum Gasteiger partial charge on any atom is -0.496 e. The van der Waals surface area contributed by atoms with Gasteiger partial charge < -0.3 is 15.4 Å². The van der Waals surface area contributed by atoms with Crippen LogP contribution < -0.4 is 15.4 Å². The SMILES string of the molecule is COc1ccccc1CN(C)c1ncnc(N)c1C. The molecule has 19 heavy (non-hydrogen) atoms. The second-order valence-corrected chi connectivity index (χ2v) is 4.38. The first-order valence-electron chi connectivity index (χ1n) is 6.03. The summed E-state index contributed by atoms with van der Waals surface area (Å²) in [5.41, 5.74) is 7.80. The summed E-state index contributed by atoms with van der Waals surface area (Å²) in [5.74, 6) is 2.21. The van der Waals surface area contributed by atoms with Gasteiger partial charge in [0.2, 0.25) is 0 Å². The van der Waals surface area contributed by atoms with Gasteiger partial charge in [0, 0.05) is 24.7 Å². The second kappa shape index (κ2) is 5.56. The van der Waals surface area contributed by atoms with Crippen molar-refractivity contribution < 1.29 is 4.74 Å². The van der Waals surface area contributed by atoms with Crippen LogP contribution in [0.25, 0.3) is 0 Å². The molecular formula is C14H18N4O. The number of hydrogen-bond acceptors (Lipinski definition) is 5. The van der Waals surface area contributed by atoms with E-state index < -0.39 is 0 Å². The highest BCUT2D eigenvalue weighted by atomic mass is 16.5. The van der Waals surface area contributed by atoms with Gasteiger partial charge in [-0.1, -0.05) is 18.2 Å². The molecule has 1 heterocycles. The van der Waals surface area contributed by atoms with E-state index in [2.05, 4.69) is 9.97 Å². The summed E-state index contributed by atoms with van der Waals surface area (Å²) >= 11 is 0. The lowest BCUT2D eigenvalue weighted by Gasteiger charge is -2.21. The quantitative estimate of drug-likeness (QED) is 0.908. The van der Waals surface area contributed by atoms with E-state index in [-0.39, 0.29) is 0 Å². The first kappa shape index (κ1) is 13.1. The van der Waals surface area contributed by atoms with E-state index >= 15 is 0 Å². The van der Waals surface area contributed by atoms with Crippen LogP contribution in [-0.4, -0.2) is 24.1 Å². The zero-order valence-electron chi connectivity index (χ0n) is 11.4. The van der Waals surface area contributed by atoms with Crippen LogP contribution in [-0.2, 0) is 6.54 Å². The Morgan fingerprint density at radius 3 is 2.74 bits per heavy atom. The van der Waals surface area contributed by atoms with Gasteiger partial charge in [-0.05, 0) is 13.0 Å². The number of nitrogen functional groups attached to an aromatic ring is 1. The number of para-hydroxylation sites is 1. The highest BCUT2D eigenvalue weighted by Crippen LogP contribution is 2.24. The Bertz CT molecular complexity index is 571. The average Bonchev–Trinajstić information content (AvgIpc) is 2.42. The fourth-order valence-corrected chi connectivity index (χ4v) is 2.00. The molecule has 100 valence electrons. The molecule has 5 heteroatoms. The van der Waals surface area contributed by atoms with Gasteiger partial charge in [0.15, 0.2) is 0 Å². The van der Waals surface area contributed by atoms with E-state index in [1.165, 1.54) is 6.33 Å². The van der Waals surface area contributed by atoms with E-state index in [1.54, 1.807) is 7.11 Å². The molecule has 0 amide bonds. The molecule has 0 aliphatic heterocycles. The number of nitrogens with zero attached hydrogens (tertiary/aromatic N) is 3. The van der Waals surface area contributed by atoms with Crippen LogP contribution in [0.15, 0.2) is 30.6 Å². The van der Waals surface area contributed by atoms with Gasteiger partial charge in [0.05, 0.1) is 7.11 Å². The summed E-state index contributed by atoms with van der Waals surface area (Å²) in [6.45, 7) is 2.62. The Morgan fingerprint density at radius 1 is 1.26 bits per heavy atom. The van der Waals surface area contributed by atoms with Gasteiger partial charge in [0.1, 0.15) is 23.7 Å². The van der Waals surface area contributed by atoms with Gasteiger partial charge in [-0.25, -0.2) is 9.97 Å². The Morgan fingerprint density at radius 2 is 2.00 bits per heavy atom. The van der Waals surface area contributed by atoms with E-state index in [4.69, 9.17) is 10.5 Å². The third-order valence-corrected chi connectivity index (χ3v) is 3.06. The number of nitrogens with two attached hydrogens (primary N) is 1. The van der Waals surface area contributed by atoms with Crippen molar-refractivity contribution in [3.8, 4) is 5.75 Å². The maximum Gasteiger partial charge on any atom is 0.137 e. The van der Waals surface area contributed by atoms with Crippen LogP contribution in [0.5, 0.6) is 5.75 Å². The summed E-state index contributed by atoms with van der Waals surface area (Å²) in [5, 5.41) is 0. The predicted molar refractivity (Wildman–Crippen MR) is 76.3 cm³/mol. The van der Waals surface area contributed by atoms with E-state index in [0.717, 1.165) is 22.7 Å². The van der Waals surface area contributed by atoms with Crippen LogP contribution in [0, 0.1) is 6.92 Å². The van der Waals surface area contributed by atoms with Crippen LogP contribution in [0.2, 0.25) is 0 Å². The van der Waals surface area contributed by atoms with Crippen LogP contribution in [0.1, 0.15) is 11.1 Å². The molecule has 0 saturated heterocycles. The average molecular weight is 258 g/mol. The molecule has 2 rings (SSSR count). The molecule has 0 atom stereocenters. The van der Waals surface area contributed by atoms with Crippen molar-refractivity contribution in [1.82, 2.24) is 9.97 Å². The van der Waals surface area contributed by atoms with E-state index in [1.807, 2.05) is 43.1 Å². The fourth-order valence-electron chi connectivity index (χ4n) is 2.00. The maximum absolute atomic E-state index is 5.81. The number of ether oxygens (including phenoxy) is 1. The smallest absolute Gasteiger partial charge is 0.137 e. The number of rotatable bonds is 4. The molecular weight excluding hydrogens is 240 g/mol. The summed E-state index contributed by atoms with van der Waals surface area (Å²) in [6.07, 6.45) is 1.48. The van der Waals surface area contributed by atoms with Crippen molar-refractivity contribution in [2.24, 2.45) is 0 Å². The lowest BCUT2D eigenvalue weighted by Crippen LogP contribution is -2.20. The van der Waals surface area contributed by atoms with Gasteiger partial charge >= 0.3 is 0 Å². The molecule has 1 aromatic carbocycles. The highest BCUT2D eigenvalue weighted by Gasteiger charge is 2.11. The fraction of sp³-hybridized carbons (Fsp3) is 0.286. The Labute approximate surface area is 113 Å². The van der Waals surface area contributed by atoms with Gasteiger partial charge in [0.25, 0.3) is 0 Å². The molecule has 2 N–H and O–H groups in total. The number of anilines is 2. The molecule has 0 aliphatic rings. The lowest BCUT2D eigenvalue weighted by atomic mass is 10.2. The molecule has 0 saturated carbocycles. The summed E-state index contributed by atoms with van der Waals surface area (Å²) in [7, 11) is 3.65. The Kier molecular flexibility index (Phi) is 3.85. The zero-order chi connectivity index (χ0) is 13.8. The number of benzene rings is 1. The molecule has 5 nitrogen and oxygen atoms in total. The summed E-state index contributed by atoms with van der Waals surface area (Å²) < 4.78 is 5.35. The molecule has 0 spiro atoms. The Hall–Kier alpha value is -2.30. The molecule has 2 aromatic rings. The van der Waals surface area contributed by atoms with Gasteiger partial charge in [-0.2, -0.15) is 0 Å². The molecule has 0 bridgehead atoms. The molecule has 0 fully saturated rings. The van der Waals surface area contributed by atoms with E-state index in [9.17, 15) is 0 Å². The van der Waals surface area contributed by atoms with Crippen LogP contribution in [0.3, 0.4) is 0 Å². The van der Waals surface area contributed by atoms with Crippen molar-refractivity contribution in [3.05, 3.63) is 41.7 Å². The zero-order valence-corrected chi connectivity index (χ0v) is 11.4. The predicted octanol–water partition coefficient (Wildman–Crippen LogP) is 2.01. The minimum absolute atomic E-state index is 0.511. The van der Waals surface area contributed by atoms with Crippen molar-refractivity contribution in [3.63, 3.8) is 0 Å². The number of methoxy groups -OCH3 is 1. The van der Waals surface area contributed by atoms with E-state index in [0.29, 0.717) is 12.4 Å². The van der Waals surface area contributed by atoms with Gasteiger partial charge in [-0.3, -0.25) is 0 Å². The normalized spacial score (nSPS) is 10.3. The monoisotopic (exact) mass is 258 g/mol. The van der Waals surface area contributed by atoms with Crippen molar-refractivity contribution in [2.45, 2.75) is 13.5 Å². The number of hydrogen-bond donors (Lipinski definition) is 1. The molecule has 1 aromatic heterocycles. The largest absolute Gasteiger partial charge is 0.496 e. The van der Waals surface area contributed by atoms with Crippen molar-refractivity contribution in [2.75, 3.05) is 24.8 Å².